The van der Waals surface area contributed by atoms with Crippen LogP contribution < -0.4 is 5.56 Å². The molecule has 0 amide bonds. The highest BCUT2D eigenvalue weighted by atomic mass is 35.5. The predicted octanol–water partition coefficient (Wildman–Crippen LogP) is 3.97. The molecule has 1 unspecified atom stereocenters. The lowest BCUT2D eigenvalue weighted by atomic mass is 9.88. The summed E-state index contributed by atoms with van der Waals surface area (Å²) >= 11 is 6.08. The number of benzene rings is 2. The van der Waals surface area contributed by atoms with Crippen LogP contribution in [0.2, 0.25) is 5.02 Å². The summed E-state index contributed by atoms with van der Waals surface area (Å²) in [5, 5.41) is 11.8. The third kappa shape index (κ3) is 3.58. The second-order valence-corrected chi connectivity index (χ2v) is 6.32. The van der Waals surface area contributed by atoms with Gasteiger partial charge in [0, 0.05) is 16.3 Å². The molecule has 0 aliphatic carbocycles. The highest BCUT2D eigenvalue weighted by molar-refractivity contribution is 6.30. The van der Waals surface area contributed by atoms with Crippen molar-refractivity contribution in [1.82, 2.24) is 4.98 Å². The number of halogens is 1. The molecule has 3 aromatic rings. The Morgan fingerprint density at radius 1 is 1.23 bits per heavy atom. The molecule has 26 heavy (non-hydrogen) atoms. The Labute approximate surface area is 155 Å². The van der Waals surface area contributed by atoms with Crippen molar-refractivity contribution < 1.29 is 14.6 Å². The maximum atomic E-state index is 12.7. The third-order valence-corrected chi connectivity index (χ3v) is 4.44. The van der Waals surface area contributed by atoms with E-state index in [1.54, 1.807) is 55.5 Å². The number of aromatic hydroxyl groups is 1. The second-order valence-electron chi connectivity index (χ2n) is 5.88. The number of hydrogen-bond acceptors (Lipinski definition) is 4. The average Bonchev–Trinajstić information content (AvgIpc) is 2.61. The molecule has 0 aliphatic heterocycles. The number of ether oxygens (including phenoxy) is 1. The first-order valence-electron chi connectivity index (χ1n) is 8.26. The minimum atomic E-state index is -0.680. The van der Waals surface area contributed by atoms with Crippen molar-refractivity contribution in [1.29, 1.82) is 0 Å². The fraction of sp³-hybridized carbons (Fsp3) is 0.200. The van der Waals surface area contributed by atoms with Crippen molar-refractivity contribution in [2.24, 2.45) is 0 Å². The number of carbonyl (C=O) groups is 1. The molecule has 0 saturated heterocycles. The fourth-order valence-corrected chi connectivity index (χ4v) is 3.26. The van der Waals surface area contributed by atoms with Gasteiger partial charge in [-0.25, -0.2) is 0 Å². The van der Waals surface area contributed by atoms with Crippen molar-refractivity contribution in [3.63, 3.8) is 0 Å². The van der Waals surface area contributed by atoms with Gasteiger partial charge in [-0.05, 0) is 36.8 Å². The number of H-pyrrole nitrogens is 1. The third-order valence-electron chi connectivity index (χ3n) is 4.21. The number of hydrogen-bond donors (Lipinski definition) is 2. The molecule has 134 valence electrons. The van der Waals surface area contributed by atoms with Gasteiger partial charge < -0.3 is 14.8 Å². The van der Waals surface area contributed by atoms with Crippen LogP contribution >= 0.6 is 11.6 Å². The standard InChI is InChI=1S/C20H18ClNO4/c1-2-26-17(23)11-15(12-6-5-7-13(21)10-12)18-19(24)14-8-3-4-9-16(14)22-20(18)25/h3-10,15H,2,11H2,1H3,(H2,22,24,25). The van der Waals surface area contributed by atoms with Crippen molar-refractivity contribution in [3.8, 4) is 5.75 Å². The molecule has 1 aromatic heterocycles. The molecule has 0 radical (unpaired) electrons. The van der Waals surface area contributed by atoms with Gasteiger partial charge in [-0.1, -0.05) is 35.9 Å². The molecule has 0 aliphatic rings. The summed E-state index contributed by atoms with van der Waals surface area (Å²) in [6, 6.07) is 13.8. The number of esters is 1. The average molecular weight is 372 g/mol. The van der Waals surface area contributed by atoms with E-state index in [1.165, 1.54) is 0 Å². The van der Waals surface area contributed by atoms with E-state index in [-0.39, 0.29) is 24.3 Å². The molecular weight excluding hydrogens is 354 g/mol. The van der Waals surface area contributed by atoms with Crippen LogP contribution in [0, 0.1) is 0 Å². The molecule has 0 fully saturated rings. The Kier molecular flexibility index (Phi) is 5.28. The number of carbonyl (C=O) groups excluding carboxylic acids is 1. The Balaban J connectivity index is 2.20. The molecular formula is C20H18ClNO4. The number of aromatic nitrogens is 1. The van der Waals surface area contributed by atoms with Gasteiger partial charge in [0.05, 0.1) is 24.1 Å². The first kappa shape index (κ1) is 18.0. The van der Waals surface area contributed by atoms with Gasteiger partial charge in [-0.15, -0.1) is 0 Å². The molecule has 5 nitrogen and oxygen atoms in total. The quantitative estimate of drug-likeness (QED) is 0.665. The molecule has 0 saturated carbocycles. The zero-order chi connectivity index (χ0) is 18.7. The van der Waals surface area contributed by atoms with E-state index in [9.17, 15) is 14.7 Å². The number of nitrogens with one attached hydrogen (secondary N) is 1. The first-order chi connectivity index (χ1) is 12.5. The van der Waals surface area contributed by atoms with Crippen LogP contribution in [0.25, 0.3) is 10.9 Å². The zero-order valence-electron chi connectivity index (χ0n) is 14.2. The van der Waals surface area contributed by atoms with E-state index in [2.05, 4.69) is 4.98 Å². The van der Waals surface area contributed by atoms with Crippen LogP contribution in [0.3, 0.4) is 0 Å². The van der Waals surface area contributed by atoms with Gasteiger partial charge in [0.25, 0.3) is 5.56 Å². The van der Waals surface area contributed by atoms with Crippen LogP contribution in [0.15, 0.2) is 53.3 Å². The summed E-state index contributed by atoms with van der Waals surface area (Å²) < 4.78 is 5.05. The van der Waals surface area contributed by atoms with E-state index in [4.69, 9.17) is 16.3 Å². The molecule has 0 bridgehead atoms. The lowest BCUT2D eigenvalue weighted by molar-refractivity contribution is -0.143. The lowest BCUT2D eigenvalue weighted by Crippen LogP contribution is -2.20. The van der Waals surface area contributed by atoms with Gasteiger partial charge in [0.1, 0.15) is 5.75 Å². The SMILES string of the molecule is CCOC(=O)CC(c1cccc(Cl)c1)c1c(O)c2ccccc2[nH]c1=O. The lowest BCUT2D eigenvalue weighted by Gasteiger charge is -2.19. The van der Waals surface area contributed by atoms with Gasteiger partial charge in [-0.2, -0.15) is 0 Å². The summed E-state index contributed by atoms with van der Waals surface area (Å²) in [7, 11) is 0. The molecule has 2 aromatic carbocycles. The maximum Gasteiger partial charge on any atom is 0.306 e. The summed E-state index contributed by atoms with van der Waals surface area (Å²) in [6.45, 7) is 1.95. The molecule has 3 rings (SSSR count). The first-order valence-corrected chi connectivity index (χ1v) is 8.64. The molecule has 1 atom stereocenters. The molecule has 6 heteroatoms. The Bertz CT molecular complexity index is 1010. The summed E-state index contributed by atoms with van der Waals surface area (Å²) in [6.07, 6.45) is -0.0802. The second kappa shape index (κ2) is 7.62. The summed E-state index contributed by atoms with van der Waals surface area (Å²) in [5.41, 5.74) is 0.857. The number of rotatable bonds is 5. The molecule has 2 N–H and O–H groups in total. The zero-order valence-corrected chi connectivity index (χ0v) is 14.9. The van der Waals surface area contributed by atoms with Crippen molar-refractivity contribution in [2.75, 3.05) is 6.61 Å². The Hall–Kier alpha value is -2.79. The highest BCUT2D eigenvalue weighted by Gasteiger charge is 2.26. The van der Waals surface area contributed by atoms with Gasteiger partial charge in [0.2, 0.25) is 0 Å². The van der Waals surface area contributed by atoms with E-state index >= 15 is 0 Å². The summed E-state index contributed by atoms with van der Waals surface area (Å²) in [4.78, 5) is 27.6. The molecule has 1 heterocycles. The van der Waals surface area contributed by atoms with Crippen LogP contribution in [-0.4, -0.2) is 22.7 Å². The Morgan fingerprint density at radius 2 is 2.00 bits per heavy atom. The van der Waals surface area contributed by atoms with E-state index in [1.807, 2.05) is 0 Å². The minimum Gasteiger partial charge on any atom is -0.507 e. The van der Waals surface area contributed by atoms with E-state index in [0.717, 1.165) is 0 Å². The van der Waals surface area contributed by atoms with Crippen LogP contribution in [0.5, 0.6) is 5.75 Å². The highest BCUT2D eigenvalue weighted by Crippen LogP contribution is 2.36. The summed E-state index contributed by atoms with van der Waals surface area (Å²) in [5.74, 6) is -1.27. The normalized spacial score (nSPS) is 12.1. The number of fused-ring (bicyclic) bond motifs is 1. The number of pyridine rings is 1. The van der Waals surface area contributed by atoms with Crippen molar-refractivity contribution in [2.45, 2.75) is 19.3 Å². The van der Waals surface area contributed by atoms with E-state index < -0.39 is 17.4 Å². The van der Waals surface area contributed by atoms with Crippen LogP contribution in [0.1, 0.15) is 30.4 Å². The maximum absolute atomic E-state index is 12.7. The van der Waals surface area contributed by atoms with E-state index in [0.29, 0.717) is 21.5 Å². The smallest absolute Gasteiger partial charge is 0.306 e. The van der Waals surface area contributed by atoms with Crippen molar-refractivity contribution >= 4 is 28.5 Å². The van der Waals surface area contributed by atoms with Gasteiger partial charge in [0.15, 0.2) is 0 Å². The van der Waals surface area contributed by atoms with Gasteiger partial charge >= 0.3 is 5.97 Å². The van der Waals surface area contributed by atoms with Crippen LogP contribution in [0.4, 0.5) is 0 Å². The van der Waals surface area contributed by atoms with Crippen molar-refractivity contribution in [3.05, 3.63) is 75.0 Å². The topological polar surface area (TPSA) is 79.4 Å². The fourth-order valence-electron chi connectivity index (χ4n) is 3.06. The number of aromatic amines is 1. The predicted molar refractivity (Wildman–Crippen MR) is 101 cm³/mol. The van der Waals surface area contributed by atoms with Crippen LogP contribution in [-0.2, 0) is 9.53 Å². The molecule has 0 spiro atoms. The number of para-hydroxylation sites is 1. The van der Waals surface area contributed by atoms with Gasteiger partial charge in [-0.3, -0.25) is 9.59 Å². The monoisotopic (exact) mass is 371 g/mol. The minimum absolute atomic E-state index is 0.0802. The Morgan fingerprint density at radius 3 is 2.73 bits per heavy atom. The largest absolute Gasteiger partial charge is 0.507 e.